The molecule has 150 valence electrons. The van der Waals surface area contributed by atoms with Crippen molar-refractivity contribution in [3.8, 4) is 0 Å². The molecule has 3 aromatic carbocycles. The van der Waals surface area contributed by atoms with E-state index in [0.29, 0.717) is 16.7 Å². The highest BCUT2D eigenvalue weighted by molar-refractivity contribution is 6.49. The van der Waals surface area contributed by atoms with Crippen molar-refractivity contribution in [3.05, 3.63) is 107 Å². The van der Waals surface area contributed by atoms with Gasteiger partial charge in [-0.1, -0.05) is 84.9 Å². The van der Waals surface area contributed by atoms with E-state index in [4.69, 9.17) is 0 Å². The van der Waals surface area contributed by atoms with Gasteiger partial charge in [-0.2, -0.15) is 0 Å². The fraction of sp³-hybridized carbons (Fsp3) is 0.125. The molecule has 0 bridgehead atoms. The second kappa shape index (κ2) is 11.7. The largest absolute Gasteiger partial charge is 1.00 e. The lowest BCUT2D eigenvalue weighted by atomic mass is 9.98. The number of ketones is 3. The zero-order valence-electron chi connectivity index (χ0n) is 16.7. The van der Waals surface area contributed by atoms with Crippen LogP contribution >= 0.6 is 0 Å². The van der Waals surface area contributed by atoms with Crippen LogP contribution in [-0.4, -0.2) is 38.5 Å². The Kier molecular flexibility index (Phi) is 9.66. The molecule has 3 aromatic rings. The van der Waals surface area contributed by atoms with Gasteiger partial charge in [0.1, 0.15) is 0 Å². The van der Waals surface area contributed by atoms with Gasteiger partial charge >= 0.3 is 0 Å². The molecule has 0 saturated carbocycles. The number of carbonyl (C=O) groups is 3. The molecule has 0 aromatic heterocycles. The number of hydrogen-bond acceptors (Lipinski definition) is 3. The fourth-order valence-corrected chi connectivity index (χ4v) is 2.38. The van der Waals surface area contributed by atoms with Crippen LogP contribution in [0.5, 0.6) is 0 Å². The Bertz CT molecular complexity index is 934. The highest BCUT2D eigenvalue weighted by Crippen LogP contribution is 2.13. The number of quaternary nitrogens is 1. The van der Waals surface area contributed by atoms with Crippen molar-refractivity contribution in [2.75, 3.05) is 21.1 Å². The quantitative estimate of drug-likeness (QED) is 0.467. The topological polar surface area (TPSA) is 55.6 Å². The third kappa shape index (κ3) is 7.11. The molecule has 0 aliphatic rings. The molecule has 29 heavy (non-hydrogen) atoms. The van der Waals surface area contributed by atoms with Crippen LogP contribution in [0.15, 0.2) is 84.9 Å². The molecule has 0 amide bonds. The number of halogens is 1. The van der Waals surface area contributed by atoms with Gasteiger partial charge in [0.2, 0.25) is 11.6 Å². The van der Waals surface area contributed by atoms with Gasteiger partial charge in [-0.25, -0.2) is 0 Å². The summed E-state index contributed by atoms with van der Waals surface area (Å²) in [6.45, 7) is 0. The maximum Gasteiger partial charge on any atom is 0.233 e. The van der Waals surface area contributed by atoms with E-state index in [-0.39, 0.29) is 23.8 Å². The van der Waals surface area contributed by atoms with Crippen molar-refractivity contribution < 1.29 is 31.7 Å². The first-order chi connectivity index (χ1) is 13.4. The van der Waals surface area contributed by atoms with Crippen molar-refractivity contribution in [2.45, 2.75) is 0 Å². The van der Waals surface area contributed by atoms with Gasteiger partial charge in [-0.15, -0.1) is 0 Å². The molecule has 4 nitrogen and oxygen atoms in total. The van der Waals surface area contributed by atoms with Crippen molar-refractivity contribution in [1.29, 1.82) is 0 Å². The zero-order chi connectivity index (χ0) is 20.5. The van der Waals surface area contributed by atoms with Crippen LogP contribution < -0.4 is 17.3 Å². The summed E-state index contributed by atoms with van der Waals surface area (Å²) in [4.78, 5) is 38.2. The van der Waals surface area contributed by atoms with Crippen LogP contribution in [0.1, 0.15) is 36.6 Å². The van der Waals surface area contributed by atoms with Crippen LogP contribution in [0, 0.1) is 0 Å². The molecule has 0 atom stereocenters. The summed E-state index contributed by atoms with van der Waals surface area (Å²) >= 11 is 0. The summed E-state index contributed by atoms with van der Waals surface area (Å²) in [5.41, 5.74) is 1.68. The molecular formula is C24H24ClNO3. The van der Waals surface area contributed by atoms with Gasteiger partial charge in [-0.3, -0.25) is 14.4 Å². The third-order valence-corrected chi connectivity index (χ3v) is 3.69. The van der Waals surface area contributed by atoms with Crippen LogP contribution in [0.4, 0.5) is 0 Å². The van der Waals surface area contributed by atoms with Crippen LogP contribution in [-0.2, 0) is 0 Å². The molecule has 5 heteroatoms. The summed E-state index contributed by atoms with van der Waals surface area (Å²) in [5, 5.41) is 0. The molecule has 0 fully saturated rings. The van der Waals surface area contributed by atoms with Gasteiger partial charge in [0.25, 0.3) is 0 Å². The smallest absolute Gasteiger partial charge is 0.233 e. The molecule has 0 heterocycles. The number of nitrogens with one attached hydrogen (secondary N) is 1. The summed E-state index contributed by atoms with van der Waals surface area (Å²) in [6.07, 6.45) is 0. The third-order valence-electron chi connectivity index (χ3n) is 3.69. The van der Waals surface area contributed by atoms with Crippen molar-refractivity contribution >= 4 is 17.3 Å². The molecule has 0 saturated heterocycles. The summed E-state index contributed by atoms with van der Waals surface area (Å²) in [7, 11) is 6.25. The average Bonchev–Trinajstić information content (AvgIpc) is 2.73. The normalized spacial score (nSPS) is 9.66. The number of Topliss-reactive ketones (excluding diaryl/α,β-unsaturated/α-hetero) is 2. The summed E-state index contributed by atoms with van der Waals surface area (Å²) in [5.74, 6) is -1.26. The molecule has 0 aliphatic heterocycles. The van der Waals surface area contributed by atoms with Gasteiger partial charge in [-0.05, 0) is 0 Å². The molecule has 0 radical (unpaired) electrons. The molecule has 3 rings (SSSR count). The van der Waals surface area contributed by atoms with E-state index in [9.17, 15) is 14.4 Å². The minimum atomic E-state index is -0.583. The molecule has 0 spiro atoms. The lowest BCUT2D eigenvalue weighted by Gasteiger charge is -2.04. The zero-order valence-corrected chi connectivity index (χ0v) is 17.4. The van der Waals surface area contributed by atoms with Crippen LogP contribution in [0.25, 0.3) is 0 Å². The Hall–Kier alpha value is -3.08. The predicted molar refractivity (Wildman–Crippen MR) is 110 cm³/mol. The highest BCUT2D eigenvalue weighted by atomic mass is 35.5. The Morgan fingerprint density at radius 3 is 1.21 bits per heavy atom. The van der Waals surface area contributed by atoms with E-state index in [2.05, 4.69) is 21.1 Å². The van der Waals surface area contributed by atoms with Gasteiger partial charge in [0.15, 0.2) is 5.78 Å². The van der Waals surface area contributed by atoms with Gasteiger partial charge < -0.3 is 17.3 Å². The van der Waals surface area contributed by atoms with E-state index < -0.39 is 11.6 Å². The minimum Gasteiger partial charge on any atom is -1.00 e. The van der Waals surface area contributed by atoms with E-state index in [1.807, 2.05) is 6.07 Å². The second-order valence-corrected chi connectivity index (χ2v) is 6.80. The number of rotatable bonds is 5. The number of carbonyl (C=O) groups excluding carboxylic acids is 3. The maximum absolute atomic E-state index is 12.3. The average molecular weight is 410 g/mol. The standard InChI is InChI=1S/C21H14O3.C3H9N.ClH/c22-19(15-7-3-1-4-8-15)17-11-13-18(14-12-17)21(24)20(23)16-9-5-2-6-10-16;1-4(2)3;/h1-14H;1-3H3;1H. The lowest BCUT2D eigenvalue weighted by Crippen LogP contribution is -3.02. The second-order valence-electron chi connectivity index (χ2n) is 6.80. The van der Waals surface area contributed by atoms with Gasteiger partial charge in [0, 0.05) is 22.3 Å². The Labute approximate surface area is 177 Å². The first-order valence-electron chi connectivity index (χ1n) is 9.01. The SMILES string of the molecule is C[NH+](C)C.O=C(C(=O)c1ccc(C(=O)c2ccccc2)cc1)c1ccccc1.[Cl-]. The molecule has 0 aliphatic carbocycles. The molecule has 0 unspecified atom stereocenters. The first-order valence-corrected chi connectivity index (χ1v) is 9.01. The minimum absolute atomic E-state index is 0. The van der Waals surface area contributed by atoms with Crippen LogP contribution in [0.3, 0.4) is 0 Å². The Balaban J connectivity index is 0.000000771. The first kappa shape index (κ1) is 24.0. The lowest BCUT2D eigenvalue weighted by molar-refractivity contribution is -0.836. The van der Waals surface area contributed by atoms with E-state index >= 15 is 0 Å². The molecular weight excluding hydrogens is 386 g/mol. The fourth-order valence-electron chi connectivity index (χ4n) is 2.38. The maximum atomic E-state index is 12.3. The van der Waals surface area contributed by atoms with Gasteiger partial charge in [0.05, 0.1) is 21.1 Å². The van der Waals surface area contributed by atoms with E-state index in [0.717, 1.165) is 0 Å². The van der Waals surface area contributed by atoms with E-state index in [1.165, 1.54) is 17.0 Å². The van der Waals surface area contributed by atoms with Crippen molar-refractivity contribution in [1.82, 2.24) is 0 Å². The Morgan fingerprint density at radius 1 is 0.517 bits per heavy atom. The summed E-state index contributed by atoms with van der Waals surface area (Å²) in [6, 6.07) is 23.5. The predicted octanol–water partition coefficient (Wildman–Crippen LogP) is -0.252. The molecule has 1 N–H and O–H groups in total. The highest BCUT2D eigenvalue weighted by Gasteiger charge is 2.18. The monoisotopic (exact) mass is 409 g/mol. The summed E-state index contributed by atoms with van der Waals surface area (Å²) < 4.78 is 0. The Morgan fingerprint density at radius 2 is 0.793 bits per heavy atom. The van der Waals surface area contributed by atoms with Crippen molar-refractivity contribution in [2.24, 2.45) is 0 Å². The number of hydrogen-bond donors (Lipinski definition) is 1. The van der Waals surface area contributed by atoms with E-state index in [1.54, 1.807) is 66.7 Å². The van der Waals surface area contributed by atoms with Crippen molar-refractivity contribution in [3.63, 3.8) is 0 Å². The number of benzene rings is 3. The van der Waals surface area contributed by atoms with Crippen LogP contribution in [0.2, 0.25) is 0 Å².